The molecule has 2 rings (SSSR count). The fraction of sp³-hybridized carbons (Fsp3) is 0.583. The molecule has 2 aromatic rings. The molecule has 1 aromatic carbocycles. The van der Waals surface area contributed by atoms with Gasteiger partial charge in [0.05, 0.1) is 17.2 Å². The van der Waals surface area contributed by atoms with E-state index in [2.05, 4.69) is 13.8 Å². The molecule has 1 atom stereocenters. The first-order valence-corrected chi connectivity index (χ1v) is 10.9. The van der Waals surface area contributed by atoms with Crippen molar-refractivity contribution in [2.24, 2.45) is 5.41 Å². The van der Waals surface area contributed by atoms with E-state index < -0.39 is 12.0 Å². The van der Waals surface area contributed by atoms with Gasteiger partial charge < -0.3 is 14.3 Å². The SMILES string of the molecule is CCC(CC)(c1ccc(OCC(=O)NO)c(C)c1)c1nc(CCC(O)C(C)(C)C)co1. The zero-order valence-electron chi connectivity index (χ0n) is 19.5. The van der Waals surface area contributed by atoms with Crippen LogP contribution in [-0.2, 0) is 16.6 Å². The van der Waals surface area contributed by atoms with Crippen LogP contribution < -0.4 is 10.2 Å². The summed E-state index contributed by atoms with van der Waals surface area (Å²) >= 11 is 0. The molecule has 1 aromatic heterocycles. The van der Waals surface area contributed by atoms with E-state index in [1.54, 1.807) is 11.7 Å². The first-order valence-electron chi connectivity index (χ1n) is 10.9. The quantitative estimate of drug-likeness (QED) is 0.382. The van der Waals surface area contributed by atoms with Gasteiger partial charge in [0.1, 0.15) is 12.0 Å². The maximum absolute atomic E-state index is 11.2. The molecule has 1 heterocycles. The molecule has 7 heteroatoms. The van der Waals surface area contributed by atoms with Crippen LogP contribution in [0.4, 0.5) is 0 Å². The van der Waals surface area contributed by atoms with Gasteiger partial charge in [0.15, 0.2) is 6.61 Å². The minimum absolute atomic E-state index is 0.164. The lowest BCUT2D eigenvalue weighted by Gasteiger charge is -2.29. The number of hydrogen-bond acceptors (Lipinski definition) is 6. The average molecular weight is 433 g/mol. The first kappa shape index (κ1) is 24.9. The van der Waals surface area contributed by atoms with Crippen molar-refractivity contribution < 1.29 is 24.3 Å². The van der Waals surface area contributed by atoms with E-state index in [1.165, 1.54) is 0 Å². The van der Waals surface area contributed by atoms with Crippen LogP contribution in [-0.4, -0.2) is 33.9 Å². The summed E-state index contributed by atoms with van der Waals surface area (Å²) in [5, 5.41) is 18.9. The number of nitrogens with zero attached hydrogens (tertiary/aromatic N) is 1. The zero-order chi connectivity index (χ0) is 23.2. The van der Waals surface area contributed by atoms with E-state index in [1.807, 2.05) is 45.9 Å². The third-order valence-corrected chi connectivity index (χ3v) is 6.05. The minimum atomic E-state index is -0.608. The van der Waals surface area contributed by atoms with Gasteiger partial charge in [-0.1, -0.05) is 46.8 Å². The number of benzene rings is 1. The number of aromatic nitrogens is 1. The van der Waals surface area contributed by atoms with Crippen molar-refractivity contribution >= 4 is 5.91 Å². The number of oxazole rings is 1. The Morgan fingerprint density at radius 3 is 2.48 bits per heavy atom. The Morgan fingerprint density at radius 2 is 1.94 bits per heavy atom. The van der Waals surface area contributed by atoms with E-state index in [0.717, 1.165) is 29.7 Å². The highest BCUT2D eigenvalue weighted by molar-refractivity contribution is 5.76. The van der Waals surface area contributed by atoms with Gasteiger partial charge in [0.25, 0.3) is 5.91 Å². The van der Waals surface area contributed by atoms with E-state index in [-0.39, 0.29) is 17.4 Å². The second-order valence-electron chi connectivity index (χ2n) is 9.16. The highest BCUT2D eigenvalue weighted by Gasteiger charge is 2.36. The second kappa shape index (κ2) is 10.3. The lowest BCUT2D eigenvalue weighted by atomic mass is 9.75. The van der Waals surface area contributed by atoms with Crippen molar-refractivity contribution in [2.45, 2.75) is 78.7 Å². The van der Waals surface area contributed by atoms with E-state index in [9.17, 15) is 9.90 Å². The lowest BCUT2D eigenvalue weighted by molar-refractivity contribution is -0.131. The fourth-order valence-electron chi connectivity index (χ4n) is 3.73. The van der Waals surface area contributed by atoms with Crippen molar-refractivity contribution in [3.63, 3.8) is 0 Å². The number of rotatable bonds is 10. The molecular formula is C24H36N2O5. The summed E-state index contributed by atoms with van der Waals surface area (Å²) in [6, 6.07) is 5.84. The Bertz CT molecular complexity index is 865. The molecule has 1 amide bonds. The van der Waals surface area contributed by atoms with Crippen LogP contribution in [0.3, 0.4) is 0 Å². The highest BCUT2D eigenvalue weighted by atomic mass is 16.5. The molecule has 0 saturated carbocycles. The number of carbonyl (C=O) groups excluding carboxylic acids is 1. The molecule has 0 bridgehead atoms. The third-order valence-electron chi connectivity index (χ3n) is 6.05. The molecule has 0 spiro atoms. The number of aliphatic hydroxyl groups excluding tert-OH is 1. The molecular weight excluding hydrogens is 396 g/mol. The monoisotopic (exact) mass is 432 g/mol. The van der Waals surface area contributed by atoms with Gasteiger partial charge in [-0.2, -0.15) is 0 Å². The molecule has 1 unspecified atom stereocenters. The minimum Gasteiger partial charge on any atom is -0.483 e. The van der Waals surface area contributed by atoms with Gasteiger partial charge in [-0.3, -0.25) is 10.0 Å². The van der Waals surface area contributed by atoms with Crippen molar-refractivity contribution in [2.75, 3.05) is 6.61 Å². The summed E-state index contributed by atoms with van der Waals surface area (Å²) in [5.41, 5.74) is 3.81. The maximum Gasteiger partial charge on any atom is 0.281 e. The number of aryl methyl sites for hydroxylation is 2. The summed E-state index contributed by atoms with van der Waals surface area (Å²) in [6.45, 7) is 12.0. The van der Waals surface area contributed by atoms with Crippen LogP contribution in [0, 0.1) is 12.3 Å². The van der Waals surface area contributed by atoms with Gasteiger partial charge in [-0.25, -0.2) is 10.5 Å². The van der Waals surface area contributed by atoms with Crippen LogP contribution in [0.5, 0.6) is 5.75 Å². The number of amides is 1. The van der Waals surface area contributed by atoms with Crippen molar-refractivity contribution in [1.29, 1.82) is 0 Å². The molecule has 7 nitrogen and oxygen atoms in total. The van der Waals surface area contributed by atoms with E-state index in [0.29, 0.717) is 24.5 Å². The molecule has 0 aliphatic heterocycles. The average Bonchev–Trinajstić information content (AvgIpc) is 3.21. The van der Waals surface area contributed by atoms with Crippen molar-refractivity contribution in [3.05, 3.63) is 47.2 Å². The highest BCUT2D eigenvalue weighted by Crippen LogP contribution is 2.40. The molecule has 0 fully saturated rings. The van der Waals surface area contributed by atoms with Crippen molar-refractivity contribution in [3.8, 4) is 5.75 Å². The standard InChI is InChI=1S/C24H36N2O5/c1-7-24(8-2,17-9-11-19(16(3)13-17)30-15-21(28)26-29)22-25-18(14-31-22)10-12-20(27)23(4,5)6/h9,11,13-14,20,27,29H,7-8,10,12,15H2,1-6H3,(H,26,28). The number of hydroxylamine groups is 1. The van der Waals surface area contributed by atoms with Crippen LogP contribution in [0.2, 0.25) is 0 Å². The van der Waals surface area contributed by atoms with E-state index in [4.69, 9.17) is 19.3 Å². The molecule has 3 N–H and O–H groups in total. The normalized spacial score (nSPS) is 13.2. The maximum atomic E-state index is 11.2. The Balaban J connectivity index is 2.25. The second-order valence-corrected chi connectivity index (χ2v) is 9.16. The number of aliphatic hydroxyl groups is 1. The molecule has 0 saturated heterocycles. The van der Waals surface area contributed by atoms with E-state index >= 15 is 0 Å². The Kier molecular flexibility index (Phi) is 8.26. The summed E-state index contributed by atoms with van der Waals surface area (Å²) in [5.74, 6) is 0.645. The van der Waals surface area contributed by atoms with Gasteiger partial charge in [0.2, 0.25) is 5.89 Å². The predicted octanol–water partition coefficient (Wildman–Crippen LogP) is 4.31. The molecule has 0 aliphatic rings. The topological polar surface area (TPSA) is 105 Å². The van der Waals surface area contributed by atoms with Crippen molar-refractivity contribution in [1.82, 2.24) is 10.5 Å². The molecule has 31 heavy (non-hydrogen) atoms. The zero-order valence-corrected chi connectivity index (χ0v) is 19.5. The van der Waals surface area contributed by atoms with Gasteiger partial charge in [-0.05, 0) is 55.2 Å². The van der Waals surface area contributed by atoms with Crippen LogP contribution in [0.15, 0.2) is 28.9 Å². The molecule has 172 valence electrons. The largest absolute Gasteiger partial charge is 0.483 e. The summed E-state index contributed by atoms with van der Waals surface area (Å²) in [7, 11) is 0. The Hall–Kier alpha value is -2.38. The molecule has 0 radical (unpaired) electrons. The number of ether oxygens (including phenoxy) is 1. The van der Waals surface area contributed by atoms with Crippen LogP contribution in [0.25, 0.3) is 0 Å². The fourth-order valence-corrected chi connectivity index (χ4v) is 3.73. The number of carbonyl (C=O) groups is 1. The number of hydrogen-bond donors (Lipinski definition) is 3. The Labute approximate surface area is 184 Å². The third kappa shape index (κ3) is 5.86. The lowest BCUT2D eigenvalue weighted by Crippen LogP contribution is -2.27. The smallest absolute Gasteiger partial charge is 0.281 e. The van der Waals surface area contributed by atoms with Gasteiger partial charge in [0, 0.05) is 0 Å². The van der Waals surface area contributed by atoms with Crippen LogP contribution >= 0.6 is 0 Å². The van der Waals surface area contributed by atoms with Crippen LogP contribution in [0.1, 0.15) is 76.6 Å². The summed E-state index contributed by atoms with van der Waals surface area (Å²) in [4.78, 5) is 16.0. The number of nitrogens with one attached hydrogen (secondary N) is 1. The summed E-state index contributed by atoms with van der Waals surface area (Å²) in [6.07, 6.45) is 4.19. The predicted molar refractivity (Wildman–Crippen MR) is 118 cm³/mol. The van der Waals surface area contributed by atoms with Gasteiger partial charge >= 0.3 is 0 Å². The molecule has 0 aliphatic carbocycles. The summed E-state index contributed by atoms with van der Waals surface area (Å²) < 4.78 is 11.4. The van der Waals surface area contributed by atoms with Gasteiger partial charge in [-0.15, -0.1) is 0 Å². The Morgan fingerprint density at radius 1 is 1.26 bits per heavy atom. The first-order chi connectivity index (χ1) is 14.6.